The van der Waals surface area contributed by atoms with Gasteiger partial charge in [0.1, 0.15) is 5.01 Å². The molecule has 5 nitrogen and oxygen atoms in total. The fourth-order valence-corrected chi connectivity index (χ4v) is 3.30. The second kappa shape index (κ2) is 8.76. The highest BCUT2D eigenvalue weighted by molar-refractivity contribution is 7.13. The summed E-state index contributed by atoms with van der Waals surface area (Å²) in [6, 6.07) is 8.22. The third kappa shape index (κ3) is 5.67. The number of nitrogens with one attached hydrogen (secondary N) is 1. The Balaban J connectivity index is 2.01. The van der Waals surface area contributed by atoms with Gasteiger partial charge in [0, 0.05) is 23.5 Å². The number of carbonyl (C=O) groups is 2. The fraction of sp³-hybridized carbons (Fsp3) is 0.421. The number of aromatic nitrogens is 1. The van der Waals surface area contributed by atoms with Crippen molar-refractivity contribution in [2.45, 2.75) is 40.2 Å². The summed E-state index contributed by atoms with van der Waals surface area (Å²) >= 11 is 1.53. The van der Waals surface area contributed by atoms with E-state index in [1.807, 2.05) is 51.3 Å². The molecule has 0 radical (unpaired) electrons. The number of benzene rings is 1. The quantitative estimate of drug-likeness (QED) is 0.826. The smallest absolute Gasteiger partial charge is 0.239 e. The fourth-order valence-electron chi connectivity index (χ4n) is 2.48. The van der Waals surface area contributed by atoms with Crippen molar-refractivity contribution in [2.75, 3.05) is 13.1 Å². The third-order valence-corrected chi connectivity index (χ3v) is 4.61. The molecule has 0 saturated carbocycles. The highest BCUT2D eigenvalue weighted by atomic mass is 32.1. The van der Waals surface area contributed by atoms with Crippen molar-refractivity contribution in [3.63, 3.8) is 0 Å². The molecule has 0 spiro atoms. The van der Waals surface area contributed by atoms with Crippen LogP contribution in [-0.4, -0.2) is 40.8 Å². The first-order chi connectivity index (χ1) is 11.9. The lowest BCUT2D eigenvalue weighted by atomic mass is 10.1. The standard InChI is InChI=1S/C19H25N3O2S/c1-5-22(11-17(23)20-13(2)3)18(24)10-16-12-25-19(21-16)15-8-6-7-14(4)9-15/h6-9,12-13H,5,10-11H2,1-4H3,(H,20,23). The van der Waals surface area contributed by atoms with Gasteiger partial charge in [-0.2, -0.15) is 0 Å². The van der Waals surface area contributed by atoms with Gasteiger partial charge >= 0.3 is 0 Å². The molecule has 2 aromatic rings. The highest BCUT2D eigenvalue weighted by Gasteiger charge is 2.18. The lowest BCUT2D eigenvalue weighted by molar-refractivity contribution is -0.135. The van der Waals surface area contributed by atoms with Crippen molar-refractivity contribution >= 4 is 23.2 Å². The van der Waals surface area contributed by atoms with Crippen molar-refractivity contribution in [2.24, 2.45) is 0 Å². The van der Waals surface area contributed by atoms with Crippen molar-refractivity contribution < 1.29 is 9.59 Å². The topological polar surface area (TPSA) is 62.3 Å². The van der Waals surface area contributed by atoms with Gasteiger partial charge in [-0.25, -0.2) is 4.98 Å². The minimum Gasteiger partial charge on any atom is -0.352 e. The predicted octanol–water partition coefficient (Wildman–Crippen LogP) is 3.03. The number of rotatable bonds is 7. The molecule has 0 aliphatic heterocycles. The van der Waals surface area contributed by atoms with Crippen molar-refractivity contribution in [3.05, 3.63) is 40.9 Å². The minimum absolute atomic E-state index is 0.0664. The molecule has 0 atom stereocenters. The Morgan fingerprint density at radius 3 is 2.72 bits per heavy atom. The number of carbonyl (C=O) groups excluding carboxylic acids is 2. The molecule has 0 aliphatic carbocycles. The lowest BCUT2D eigenvalue weighted by Gasteiger charge is -2.20. The summed E-state index contributed by atoms with van der Waals surface area (Å²) in [4.78, 5) is 30.5. The van der Waals surface area contributed by atoms with E-state index < -0.39 is 0 Å². The van der Waals surface area contributed by atoms with Crippen LogP contribution in [0, 0.1) is 6.92 Å². The van der Waals surface area contributed by atoms with E-state index in [-0.39, 0.29) is 30.8 Å². The first-order valence-corrected chi connectivity index (χ1v) is 9.35. The van der Waals surface area contributed by atoms with Crippen molar-refractivity contribution in [3.8, 4) is 10.6 Å². The Hall–Kier alpha value is -2.21. The Morgan fingerprint density at radius 1 is 1.32 bits per heavy atom. The van der Waals surface area contributed by atoms with Crippen LogP contribution in [0.5, 0.6) is 0 Å². The maximum absolute atomic E-state index is 12.5. The van der Waals surface area contributed by atoms with Crippen LogP contribution in [0.3, 0.4) is 0 Å². The Bertz CT molecular complexity index is 740. The number of hydrogen-bond acceptors (Lipinski definition) is 4. The lowest BCUT2D eigenvalue weighted by Crippen LogP contribution is -2.43. The molecule has 0 unspecified atom stereocenters. The molecule has 0 saturated heterocycles. The SMILES string of the molecule is CCN(CC(=O)NC(C)C)C(=O)Cc1csc(-c2cccc(C)c2)n1. The Kier molecular flexibility index (Phi) is 6.70. The highest BCUT2D eigenvalue weighted by Crippen LogP contribution is 2.24. The molecular formula is C19H25N3O2S. The van der Waals surface area contributed by atoms with E-state index in [0.29, 0.717) is 6.54 Å². The number of aryl methyl sites for hydroxylation is 1. The van der Waals surface area contributed by atoms with Crippen LogP contribution in [0.4, 0.5) is 0 Å². The summed E-state index contributed by atoms with van der Waals surface area (Å²) in [5, 5.41) is 5.63. The predicted molar refractivity (Wildman–Crippen MR) is 102 cm³/mol. The molecule has 1 N–H and O–H groups in total. The molecular weight excluding hydrogens is 334 g/mol. The van der Waals surface area contributed by atoms with E-state index in [1.165, 1.54) is 16.9 Å². The molecule has 134 valence electrons. The second-order valence-corrected chi connectivity index (χ2v) is 7.18. The molecule has 25 heavy (non-hydrogen) atoms. The van der Waals surface area contributed by atoms with Gasteiger partial charge in [0.15, 0.2) is 0 Å². The first kappa shape index (κ1) is 19.1. The third-order valence-electron chi connectivity index (χ3n) is 3.67. The zero-order chi connectivity index (χ0) is 18.4. The number of hydrogen-bond donors (Lipinski definition) is 1. The summed E-state index contributed by atoms with van der Waals surface area (Å²) in [5.41, 5.74) is 2.99. The van der Waals surface area contributed by atoms with Gasteiger partial charge < -0.3 is 10.2 Å². The normalized spacial score (nSPS) is 10.8. The van der Waals surface area contributed by atoms with E-state index in [2.05, 4.69) is 16.4 Å². The molecule has 0 bridgehead atoms. The van der Waals surface area contributed by atoms with Crippen LogP contribution in [0.1, 0.15) is 32.0 Å². The van der Waals surface area contributed by atoms with Gasteiger partial charge in [0.25, 0.3) is 0 Å². The zero-order valence-electron chi connectivity index (χ0n) is 15.2. The molecule has 1 aromatic carbocycles. The molecule has 1 heterocycles. The van der Waals surface area contributed by atoms with Gasteiger partial charge in [0.05, 0.1) is 18.7 Å². The monoisotopic (exact) mass is 359 g/mol. The molecule has 1 aromatic heterocycles. The van der Waals surface area contributed by atoms with Gasteiger partial charge in [0.2, 0.25) is 11.8 Å². The van der Waals surface area contributed by atoms with Crippen LogP contribution in [0.15, 0.2) is 29.6 Å². The summed E-state index contributed by atoms with van der Waals surface area (Å²) in [6.07, 6.45) is 0.213. The Morgan fingerprint density at radius 2 is 2.08 bits per heavy atom. The molecule has 0 fully saturated rings. The summed E-state index contributed by atoms with van der Waals surface area (Å²) in [5.74, 6) is -0.216. The number of likely N-dealkylation sites (N-methyl/N-ethyl adjacent to an activating group) is 1. The van der Waals surface area contributed by atoms with E-state index >= 15 is 0 Å². The number of thiazole rings is 1. The number of amides is 2. The van der Waals surface area contributed by atoms with Gasteiger partial charge in [-0.1, -0.05) is 23.8 Å². The molecule has 2 amide bonds. The van der Waals surface area contributed by atoms with Crippen molar-refractivity contribution in [1.82, 2.24) is 15.2 Å². The minimum atomic E-state index is -0.135. The van der Waals surface area contributed by atoms with E-state index in [9.17, 15) is 9.59 Å². The maximum atomic E-state index is 12.5. The van der Waals surface area contributed by atoms with Crippen molar-refractivity contribution in [1.29, 1.82) is 0 Å². The summed E-state index contributed by atoms with van der Waals surface area (Å²) < 4.78 is 0. The largest absolute Gasteiger partial charge is 0.352 e. The second-order valence-electron chi connectivity index (χ2n) is 6.32. The first-order valence-electron chi connectivity index (χ1n) is 8.47. The average Bonchev–Trinajstić information content (AvgIpc) is 3.00. The zero-order valence-corrected chi connectivity index (χ0v) is 16.0. The molecule has 2 rings (SSSR count). The summed E-state index contributed by atoms with van der Waals surface area (Å²) in [7, 11) is 0. The van der Waals surface area contributed by atoms with Gasteiger partial charge in [-0.15, -0.1) is 11.3 Å². The van der Waals surface area contributed by atoms with E-state index in [4.69, 9.17) is 0 Å². The van der Waals surface area contributed by atoms with Gasteiger partial charge in [-0.05, 0) is 33.8 Å². The van der Waals surface area contributed by atoms with Gasteiger partial charge in [-0.3, -0.25) is 9.59 Å². The molecule has 6 heteroatoms. The Labute approximate surface area is 153 Å². The van der Waals surface area contributed by atoms with Crippen LogP contribution < -0.4 is 5.32 Å². The molecule has 0 aliphatic rings. The van der Waals surface area contributed by atoms with Crippen LogP contribution in [-0.2, 0) is 16.0 Å². The van der Waals surface area contributed by atoms with E-state index in [0.717, 1.165) is 16.3 Å². The number of nitrogens with zero attached hydrogens (tertiary/aromatic N) is 2. The van der Waals surface area contributed by atoms with Crippen LogP contribution in [0.25, 0.3) is 10.6 Å². The maximum Gasteiger partial charge on any atom is 0.239 e. The van der Waals surface area contributed by atoms with Crippen LogP contribution >= 0.6 is 11.3 Å². The average molecular weight is 359 g/mol. The summed E-state index contributed by atoms with van der Waals surface area (Å²) in [6.45, 7) is 8.31. The van der Waals surface area contributed by atoms with Crippen LogP contribution in [0.2, 0.25) is 0 Å². The van der Waals surface area contributed by atoms with E-state index in [1.54, 1.807) is 4.90 Å².